The van der Waals surface area contributed by atoms with Crippen molar-refractivity contribution in [1.82, 2.24) is 5.32 Å². The van der Waals surface area contributed by atoms with Crippen molar-refractivity contribution in [1.29, 1.82) is 0 Å². The van der Waals surface area contributed by atoms with Crippen LogP contribution in [0.4, 0.5) is 0 Å². The highest BCUT2D eigenvalue weighted by Crippen LogP contribution is 2.13. The lowest BCUT2D eigenvalue weighted by Gasteiger charge is -2.26. The van der Waals surface area contributed by atoms with Gasteiger partial charge in [-0.3, -0.25) is 4.79 Å². The minimum Gasteiger partial charge on any atom is -0.469 e. The van der Waals surface area contributed by atoms with Crippen LogP contribution in [0.5, 0.6) is 0 Å². The summed E-state index contributed by atoms with van der Waals surface area (Å²) in [6.45, 7) is 2.29. The van der Waals surface area contributed by atoms with Gasteiger partial charge in [-0.1, -0.05) is 0 Å². The van der Waals surface area contributed by atoms with Crippen LogP contribution in [0.2, 0.25) is 0 Å². The molecule has 3 nitrogen and oxygen atoms in total. The number of methoxy groups -OCH3 is 1. The molecule has 1 heterocycles. The van der Waals surface area contributed by atoms with E-state index in [2.05, 4.69) is 10.1 Å². The zero-order valence-corrected chi connectivity index (χ0v) is 8.15. The van der Waals surface area contributed by atoms with Gasteiger partial charge in [-0.15, -0.1) is 0 Å². The van der Waals surface area contributed by atoms with Crippen molar-refractivity contribution in [2.24, 2.45) is 5.92 Å². The average Bonchev–Trinajstić information content (AvgIpc) is 2.00. The summed E-state index contributed by atoms with van der Waals surface area (Å²) in [7, 11) is 1.43. The van der Waals surface area contributed by atoms with Gasteiger partial charge >= 0.3 is 5.97 Å². The van der Waals surface area contributed by atoms with Gasteiger partial charge in [0.15, 0.2) is 0 Å². The standard InChI is InChI=1S/C8H15NO2S/c1-11-8(10)2-3-12-6-7-4-9-5-7/h7,9H,2-6H2,1H3. The third kappa shape index (κ3) is 3.45. The molecular formula is C8H15NO2S. The zero-order valence-electron chi connectivity index (χ0n) is 7.34. The molecule has 0 saturated carbocycles. The van der Waals surface area contributed by atoms with Gasteiger partial charge in [0.2, 0.25) is 0 Å². The van der Waals surface area contributed by atoms with Crippen molar-refractivity contribution < 1.29 is 9.53 Å². The molecule has 12 heavy (non-hydrogen) atoms. The highest BCUT2D eigenvalue weighted by Gasteiger charge is 2.15. The Kier molecular flexibility index (Phi) is 4.46. The van der Waals surface area contributed by atoms with Gasteiger partial charge in [0.25, 0.3) is 0 Å². The number of hydrogen-bond donors (Lipinski definition) is 1. The quantitative estimate of drug-likeness (QED) is 0.505. The molecule has 0 aromatic carbocycles. The Balaban J connectivity index is 1.85. The molecule has 1 N–H and O–H groups in total. The van der Waals surface area contributed by atoms with Crippen LogP contribution in [-0.4, -0.2) is 37.7 Å². The maximum atomic E-state index is 10.7. The minimum atomic E-state index is -0.103. The third-order valence-corrected chi connectivity index (χ3v) is 3.10. The summed E-state index contributed by atoms with van der Waals surface area (Å²) in [6, 6.07) is 0. The molecule has 70 valence electrons. The van der Waals surface area contributed by atoms with Gasteiger partial charge in [-0.25, -0.2) is 0 Å². The Labute approximate surface area is 77.2 Å². The zero-order chi connectivity index (χ0) is 8.81. The molecule has 0 atom stereocenters. The largest absolute Gasteiger partial charge is 0.469 e. The highest BCUT2D eigenvalue weighted by atomic mass is 32.2. The first-order chi connectivity index (χ1) is 5.83. The fraction of sp³-hybridized carbons (Fsp3) is 0.875. The molecule has 4 heteroatoms. The number of thioether (sulfide) groups is 1. The van der Waals surface area contributed by atoms with Crippen molar-refractivity contribution in [2.45, 2.75) is 6.42 Å². The molecule has 0 unspecified atom stereocenters. The van der Waals surface area contributed by atoms with Crippen molar-refractivity contribution >= 4 is 17.7 Å². The molecule has 0 aliphatic carbocycles. The van der Waals surface area contributed by atoms with Crippen LogP contribution >= 0.6 is 11.8 Å². The van der Waals surface area contributed by atoms with E-state index in [-0.39, 0.29) is 5.97 Å². The van der Waals surface area contributed by atoms with Crippen LogP contribution in [0.25, 0.3) is 0 Å². The molecule has 1 rings (SSSR count). The van der Waals surface area contributed by atoms with Gasteiger partial charge in [-0.05, 0) is 24.8 Å². The van der Waals surface area contributed by atoms with E-state index in [9.17, 15) is 4.79 Å². The lowest BCUT2D eigenvalue weighted by molar-refractivity contribution is -0.140. The summed E-state index contributed by atoms with van der Waals surface area (Å²) in [4.78, 5) is 10.7. The monoisotopic (exact) mass is 189 g/mol. The maximum absolute atomic E-state index is 10.7. The molecule has 0 amide bonds. The van der Waals surface area contributed by atoms with E-state index >= 15 is 0 Å². The van der Waals surface area contributed by atoms with Crippen LogP contribution < -0.4 is 5.32 Å². The van der Waals surface area contributed by atoms with Crippen LogP contribution in [0.1, 0.15) is 6.42 Å². The number of rotatable bonds is 5. The minimum absolute atomic E-state index is 0.103. The average molecular weight is 189 g/mol. The topological polar surface area (TPSA) is 38.3 Å². The highest BCUT2D eigenvalue weighted by molar-refractivity contribution is 7.99. The normalized spacial score (nSPS) is 17.1. The number of ether oxygens (including phenoxy) is 1. The van der Waals surface area contributed by atoms with Crippen molar-refractivity contribution in [2.75, 3.05) is 31.7 Å². The summed E-state index contributed by atoms with van der Waals surface area (Å²) in [5.74, 6) is 2.79. The number of nitrogens with one attached hydrogen (secondary N) is 1. The van der Waals surface area contributed by atoms with Gasteiger partial charge in [0.1, 0.15) is 0 Å². The van der Waals surface area contributed by atoms with E-state index in [1.54, 1.807) is 0 Å². The molecule has 1 saturated heterocycles. The molecule has 1 aliphatic rings. The predicted molar refractivity (Wildman–Crippen MR) is 50.3 cm³/mol. The molecule has 1 fully saturated rings. The fourth-order valence-electron chi connectivity index (χ4n) is 0.974. The second kappa shape index (κ2) is 5.43. The molecule has 0 bridgehead atoms. The van der Waals surface area contributed by atoms with E-state index in [1.165, 1.54) is 12.9 Å². The number of hydrogen-bond acceptors (Lipinski definition) is 4. The van der Waals surface area contributed by atoms with Gasteiger partial charge in [0.05, 0.1) is 13.5 Å². The maximum Gasteiger partial charge on any atom is 0.306 e. The number of esters is 1. The van der Waals surface area contributed by atoms with E-state index in [4.69, 9.17) is 0 Å². The van der Waals surface area contributed by atoms with E-state index in [1.807, 2.05) is 11.8 Å². The van der Waals surface area contributed by atoms with Crippen LogP contribution in [-0.2, 0) is 9.53 Å². The van der Waals surface area contributed by atoms with Crippen LogP contribution in [0.15, 0.2) is 0 Å². The van der Waals surface area contributed by atoms with Gasteiger partial charge < -0.3 is 10.1 Å². The summed E-state index contributed by atoms with van der Waals surface area (Å²) in [5.41, 5.74) is 0. The lowest BCUT2D eigenvalue weighted by atomic mass is 10.1. The molecule has 0 aromatic heterocycles. The summed E-state index contributed by atoms with van der Waals surface area (Å²) < 4.78 is 4.53. The molecule has 0 radical (unpaired) electrons. The summed E-state index contributed by atoms with van der Waals surface area (Å²) >= 11 is 1.84. The Bertz CT molecular complexity index is 148. The first-order valence-corrected chi connectivity index (χ1v) is 5.33. The smallest absolute Gasteiger partial charge is 0.306 e. The third-order valence-electron chi connectivity index (χ3n) is 1.90. The Morgan fingerprint density at radius 2 is 2.42 bits per heavy atom. The lowest BCUT2D eigenvalue weighted by Crippen LogP contribution is -2.43. The molecule has 0 spiro atoms. The fourth-order valence-corrected chi connectivity index (χ4v) is 2.02. The van der Waals surface area contributed by atoms with E-state index < -0.39 is 0 Å². The van der Waals surface area contributed by atoms with Crippen LogP contribution in [0, 0.1) is 5.92 Å². The van der Waals surface area contributed by atoms with E-state index in [0.717, 1.165) is 24.8 Å². The Morgan fingerprint density at radius 3 is 2.92 bits per heavy atom. The number of carbonyl (C=O) groups is 1. The second-order valence-corrected chi connectivity index (χ2v) is 4.08. The first-order valence-electron chi connectivity index (χ1n) is 4.18. The molecule has 1 aliphatic heterocycles. The van der Waals surface area contributed by atoms with Crippen LogP contribution in [0.3, 0.4) is 0 Å². The molecule has 0 aromatic rings. The second-order valence-electron chi connectivity index (χ2n) is 2.93. The van der Waals surface area contributed by atoms with Crippen molar-refractivity contribution in [3.05, 3.63) is 0 Å². The Hall–Kier alpha value is -0.220. The SMILES string of the molecule is COC(=O)CCSCC1CNC1. The van der Waals surface area contributed by atoms with E-state index in [0.29, 0.717) is 6.42 Å². The van der Waals surface area contributed by atoms with Gasteiger partial charge in [0, 0.05) is 5.75 Å². The first kappa shape index (κ1) is 9.86. The van der Waals surface area contributed by atoms with Crippen molar-refractivity contribution in [3.8, 4) is 0 Å². The van der Waals surface area contributed by atoms with Gasteiger partial charge in [-0.2, -0.15) is 11.8 Å². The number of carbonyl (C=O) groups excluding carboxylic acids is 1. The Morgan fingerprint density at radius 1 is 1.67 bits per heavy atom. The summed E-state index contributed by atoms with van der Waals surface area (Å²) in [5, 5.41) is 3.22. The summed E-state index contributed by atoms with van der Waals surface area (Å²) in [6.07, 6.45) is 0.543. The van der Waals surface area contributed by atoms with Crippen molar-refractivity contribution in [3.63, 3.8) is 0 Å². The predicted octanol–water partition coefficient (Wildman–Crippen LogP) is 0.502. The molecular weight excluding hydrogens is 174 g/mol.